The van der Waals surface area contributed by atoms with Gasteiger partial charge in [-0.05, 0) is 97.4 Å². The van der Waals surface area contributed by atoms with Gasteiger partial charge in [-0.3, -0.25) is 24.1 Å². The van der Waals surface area contributed by atoms with Gasteiger partial charge in [-0.1, -0.05) is 116 Å². The monoisotopic (exact) mass is 825 g/mol. The predicted octanol–water partition coefficient (Wildman–Crippen LogP) is 10.3. The predicted molar refractivity (Wildman–Crippen MR) is 236 cm³/mol. The lowest BCUT2D eigenvalue weighted by molar-refractivity contribution is -0.166. The molecule has 10 heteroatoms. The quantitative estimate of drug-likeness (QED) is 0.113. The summed E-state index contributed by atoms with van der Waals surface area (Å²) in [5.74, 6) is -3.20. The van der Waals surface area contributed by atoms with Crippen LogP contribution in [0.4, 0.5) is 0 Å². The van der Waals surface area contributed by atoms with Crippen LogP contribution in [0.2, 0.25) is 36.3 Å². The molecule has 8 nitrogen and oxygen atoms in total. The molecule has 1 aliphatic heterocycles. The average molecular weight is 826 g/mol. The minimum atomic E-state index is -2.56. The Labute approximate surface area is 349 Å². The van der Waals surface area contributed by atoms with Gasteiger partial charge in [0.2, 0.25) is 5.91 Å². The zero-order chi connectivity index (χ0) is 43.2. The normalized spacial score (nSPS) is 30.8. The molecule has 2 aromatic carbocycles. The highest BCUT2D eigenvalue weighted by molar-refractivity contribution is 6.74. The molecular weight excluding hydrogens is 759 g/mol. The molecule has 1 saturated carbocycles. The number of likely N-dealkylation sites (tertiary alicyclic amines) is 1. The van der Waals surface area contributed by atoms with Gasteiger partial charge in [0.25, 0.3) is 5.91 Å². The van der Waals surface area contributed by atoms with Gasteiger partial charge < -0.3 is 13.6 Å². The third-order valence-electron chi connectivity index (χ3n) is 14.1. The minimum Gasteiger partial charge on any atom is -0.457 e. The van der Waals surface area contributed by atoms with Gasteiger partial charge in [0, 0.05) is 36.8 Å². The molecule has 0 bridgehead atoms. The summed E-state index contributed by atoms with van der Waals surface area (Å²) in [7, 11) is -5.11. The SMILES string of the molecule is C=C1[C@@H](C)[C@H]2[C@H](Cc3ccccc3)N(C(=O)c3ccccc3)C(=O)[C@]23[C@@H](OC(C)=O)/C=C/[C@](C)(O[Si](C)(C)C(C)(C)C)C(=O)CC/C=C/[C@H]3[C@@H]1O[Si](C)(C)C(C)(C)C. The highest BCUT2D eigenvalue weighted by Gasteiger charge is 2.73. The molecule has 1 heterocycles. The molecule has 2 aromatic rings. The number of rotatable bonds is 8. The molecular formula is C48H67NO7Si2. The summed E-state index contributed by atoms with van der Waals surface area (Å²) >= 11 is 0. The third-order valence-corrected chi connectivity index (χ3v) is 23.1. The number of carbonyl (C=O) groups is 4. The number of esters is 1. The van der Waals surface area contributed by atoms with Crippen molar-refractivity contribution in [3.8, 4) is 0 Å². The summed E-state index contributed by atoms with van der Waals surface area (Å²) in [6.07, 6.45) is 6.53. The van der Waals surface area contributed by atoms with E-state index >= 15 is 9.59 Å². The number of Topliss-reactive ketones (excluding diaryl/α,β-unsaturated/α-hetero) is 1. The Kier molecular flexibility index (Phi) is 12.8. The number of ketones is 1. The summed E-state index contributed by atoms with van der Waals surface area (Å²) in [5, 5.41) is -0.398. The lowest BCUT2D eigenvalue weighted by atomic mass is 9.51. The zero-order valence-corrected chi connectivity index (χ0v) is 39.2. The Morgan fingerprint density at radius 1 is 0.879 bits per heavy atom. The van der Waals surface area contributed by atoms with E-state index in [-0.39, 0.29) is 28.2 Å². The molecule has 0 aromatic heterocycles. The van der Waals surface area contributed by atoms with Gasteiger partial charge in [-0.15, -0.1) is 0 Å². The van der Waals surface area contributed by atoms with E-state index in [2.05, 4.69) is 74.7 Å². The topological polar surface area (TPSA) is 99.2 Å². The average Bonchev–Trinajstić information content (AvgIpc) is 3.37. The van der Waals surface area contributed by atoms with Gasteiger partial charge in [-0.25, -0.2) is 0 Å². The smallest absolute Gasteiger partial charge is 0.303 e. The fourth-order valence-electron chi connectivity index (χ4n) is 8.82. The summed E-state index contributed by atoms with van der Waals surface area (Å²) in [4.78, 5) is 60.6. The van der Waals surface area contributed by atoms with Gasteiger partial charge >= 0.3 is 5.97 Å². The molecule has 8 atom stereocenters. The van der Waals surface area contributed by atoms with E-state index < -0.39 is 75.5 Å². The number of nitrogens with zero attached hydrogens (tertiary/aromatic N) is 1. The van der Waals surface area contributed by atoms with Crippen LogP contribution in [-0.4, -0.2) is 69.0 Å². The van der Waals surface area contributed by atoms with Crippen LogP contribution in [-0.2, 0) is 34.4 Å². The molecule has 0 radical (unpaired) electrons. The van der Waals surface area contributed by atoms with Crippen LogP contribution in [0.25, 0.3) is 0 Å². The summed E-state index contributed by atoms with van der Waals surface area (Å²) in [6, 6.07) is 18.1. The molecule has 2 aliphatic carbocycles. The Morgan fingerprint density at radius 3 is 2.00 bits per heavy atom. The van der Waals surface area contributed by atoms with Crippen molar-refractivity contribution in [1.29, 1.82) is 0 Å². The summed E-state index contributed by atoms with van der Waals surface area (Å²) < 4.78 is 20.8. The van der Waals surface area contributed by atoms with Gasteiger partial charge in [-0.2, -0.15) is 0 Å². The van der Waals surface area contributed by atoms with E-state index in [1.807, 2.05) is 48.6 Å². The molecule has 314 valence electrons. The van der Waals surface area contributed by atoms with Crippen molar-refractivity contribution in [2.45, 2.75) is 142 Å². The molecule has 58 heavy (non-hydrogen) atoms. The number of imide groups is 1. The largest absolute Gasteiger partial charge is 0.457 e. The first-order valence-corrected chi connectivity index (χ1v) is 26.7. The number of hydrogen-bond acceptors (Lipinski definition) is 7. The molecule has 2 fully saturated rings. The van der Waals surface area contributed by atoms with E-state index in [9.17, 15) is 9.59 Å². The molecule has 3 aliphatic rings. The van der Waals surface area contributed by atoms with Gasteiger partial charge in [0.15, 0.2) is 22.4 Å². The van der Waals surface area contributed by atoms with Crippen LogP contribution in [0.15, 0.2) is 97.1 Å². The van der Waals surface area contributed by atoms with Crippen molar-refractivity contribution in [3.63, 3.8) is 0 Å². The minimum absolute atomic E-state index is 0.105. The number of amides is 2. The molecule has 1 saturated heterocycles. The number of benzene rings is 2. The van der Waals surface area contributed by atoms with Crippen molar-refractivity contribution in [2.24, 2.45) is 23.2 Å². The summed E-state index contributed by atoms with van der Waals surface area (Å²) in [5.41, 5.74) is -0.754. The zero-order valence-electron chi connectivity index (χ0n) is 37.2. The fraction of sp³-hybridized carbons (Fsp3) is 0.542. The Morgan fingerprint density at radius 2 is 1.45 bits per heavy atom. The second kappa shape index (κ2) is 16.4. The van der Waals surface area contributed by atoms with Crippen LogP contribution in [0.5, 0.6) is 0 Å². The van der Waals surface area contributed by atoms with E-state index in [0.29, 0.717) is 18.4 Å². The third kappa shape index (κ3) is 8.36. The van der Waals surface area contributed by atoms with Gasteiger partial charge in [0.05, 0.1) is 6.10 Å². The Balaban J connectivity index is 1.88. The Bertz CT molecular complexity index is 1940. The molecule has 2 amide bonds. The lowest BCUT2D eigenvalue weighted by Crippen LogP contribution is -2.62. The first kappa shape index (κ1) is 45.4. The molecule has 0 N–H and O–H groups in total. The van der Waals surface area contributed by atoms with Crippen molar-refractivity contribution in [3.05, 3.63) is 108 Å². The molecule has 0 unspecified atom stereocenters. The number of carbonyl (C=O) groups excluding carboxylic acids is 4. The maximum Gasteiger partial charge on any atom is 0.303 e. The van der Waals surface area contributed by atoms with Gasteiger partial charge in [0.1, 0.15) is 17.1 Å². The van der Waals surface area contributed by atoms with Crippen molar-refractivity contribution in [1.82, 2.24) is 4.90 Å². The van der Waals surface area contributed by atoms with Crippen LogP contribution in [0.1, 0.15) is 91.1 Å². The maximum atomic E-state index is 16.3. The van der Waals surface area contributed by atoms with Crippen LogP contribution in [0.3, 0.4) is 0 Å². The highest BCUT2D eigenvalue weighted by atomic mass is 28.4. The maximum absolute atomic E-state index is 16.3. The van der Waals surface area contributed by atoms with E-state index in [4.69, 9.17) is 20.2 Å². The first-order chi connectivity index (χ1) is 26.8. The van der Waals surface area contributed by atoms with Crippen LogP contribution >= 0.6 is 0 Å². The van der Waals surface area contributed by atoms with E-state index in [1.54, 1.807) is 43.3 Å². The number of allylic oxidation sites excluding steroid dienone is 1. The molecule has 1 spiro atoms. The number of hydrogen-bond donors (Lipinski definition) is 0. The summed E-state index contributed by atoms with van der Waals surface area (Å²) in [6.45, 7) is 31.4. The van der Waals surface area contributed by atoms with Crippen molar-refractivity contribution in [2.75, 3.05) is 0 Å². The van der Waals surface area contributed by atoms with E-state index in [1.165, 1.54) is 11.8 Å². The van der Waals surface area contributed by atoms with Crippen molar-refractivity contribution < 1.29 is 32.8 Å². The highest BCUT2D eigenvalue weighted by Crippen LogP contribution is 2.62. The van der Waals surface area contributed by atoms with E-state index in [0.717, 1.165) is 11.1 Å². The lowest BCUT2D eigenvalue weighted by Gasteiger charge is -2.55. The molecule has 5 rings (SSSR count). The second-order valence-electron chi connectivity index (χ2n) is 20.0. The number of ether oxygens (including phenoxy) is 1. The Hall–Kier alpha value is -3.71. The van der Waals surface area contributed by atoms with Crippen LogP contribution < -0.4 is 0 Å². The fourth-order valence-corrected chi connectivity index (χ4v) is 11.7. The second-order valence-corrected chi connectivity index (χ2v) is 29.5. The van der Waals surface area contributed by atoms with Crippen LogP contribution in [0, 0.1) is 23.2 Å². The first-order valence-electron chi connectivity index (χ1n) is 20.9. The van der Waals surface area contributed by atoms with Crippen molar-refractivity contribution >= 4 is 40.2 Å². The standard InChI is InChI=1S/C48H67NO7Si2/c1-32-33(2)42(55-57(11,12)45(4,5)6)37-27-21-22-28-39(51)47(10,56-58(13,14)46(7,8)9)30-29-40(54-34(3)50)48(37)41(32)38(31-35-23-17-15-18-24-35)49(44(48)53)43(52)36-25-19-16-20-26-36/h15-21,23-27,29-30,32,37-38,40-42H,2,22,28,31H2,1,3-14H3/b27-21+,30-29+/t32-,37+,38+,40+,41+,42-,47+,48-/m1/s1.